The number of carbonyl (C=O) groups is 2. The van der Waals surface area contributed by atoms with Crippen molar-refractivity contribution in [3.63, 3.8) is 0 Å². The summed E-state index contributed by atoms with van der Waals surface area (Å²) in [6.45, 7) is 9.87. The highest BCUT2D eigenvalue weighted by Crippen LogP contribution is 2.32. The van der Waals surface area contributed by atoms with Crippen molar-refractivity contribution < 1.29 is 14.3 Å². The van der Waals surface area contributed by atoms with Crippen LogP contribution in [0.1, 0.15) is 34.6 Å². The van der Waals surface area contributed by atoms with Gasteiger partial charge in [-0.15, -0.1) is 0 Å². The van der Waals surface area contributed by atoms with Gasteiger partial charge in [0.2, 0.25) is 0 Å². The molecule has 16 heavy (non-hydrogen) atoms. The van der Waals surface area contributed by atoms with E-state index in [-0.39, 0.29) is 17.4 Å². The van der Waals surface area contributed by atoms with Crippen LogP contribution in [0.4, 0.5) is 0 Å². The van der Waals surface area contributed by atoms with Gasteiger partial charge in [-0.2, -0.15) is 0 Å². The first-order chi connectivity index (χ1) is 7.17. The van der Waals surface area contributed by atoms with Crippen LogP contribution in [-0.2, 0) is 14.3 Å². The van der Waals surface area contributed by atoms with Crippen LogP contribution in [0.15, 0.2) is 0 Å². The highest BCUT2D eigenvalue weighted by Gasteiger charge is 2.47. The van der Waals surface area contributed by atoms with Crippen LogP contribution in [0, 0.1) is 11.8 Å². The highest BCUT2D eigenvalue weighted by molar-refractivity contribution is 5.79. The van der Waals surface area contributed by atoms with E-state index in [9.17, 15) is 9.59 Å². The molecule has 0 amide bonds. The number of carbonyl (C=O) groups excluding carboxylic acids is 2. The first kappa shape index (κ1) is 13.2. The molecule has 0 aliphatic carbocycles. The molecule has 2 atom stereocenters. The molecule has 0 radical (unpaired) electrons. The molecule has 1 aliphatic rings. The molecule has 0 saturated carbocycles. The highest BCUT2D eigenvalue weighted by atomic mass is 16.6. The molecular weight excluding hydrogens is 206 g/mol. The Labute approximate surface area is 96.7 Å². The standard InChI is InChI=1S/C12H21NO3/c1-11(2,3)16-10(15)9-8(7-14)6-13-12(9,4)5/h7-9,13H,6H2,1-5H3/t8-,9+/m0/s1. The number of aldehydes is 1. The molecule has 1 aliphatic heterocycles. The van der Waals surface area contributed by atoms with Gasteiger partial charge in [0, 0.05) is 18.0 Å². The monoisotopic (exact) mass is 227 g/mol. The van der Waals surface area contributed by atoms with Crippen molar-refractivity contribution in [1.82, 2.24) is 5.32 Å². The maximum absolute atomic E-state index is 12.0. The first-order valence-corrected chi connectivity index (χ1v) is 5.60. The van der Waals surface area contributed by atoms with E-state index >= 15 is 0 Å². The molecule has 1 saturated heterocycles. The SMILES string of the molecule is CC(C)(C)OC(=O)[C@H]1[C@H](C=O)CNC1(C)C. The fraction of sp³-hybridized carbons (Fsp3) is 0.833. The summed E-state index contributed by atoms with van der Waals surface area (Å²) in [5, 5.41) is 3.18. The normalized spacial score (nSPS) is 28.8. The fourth-order valence-corrected chi connectivity index (χ4v) is 2.11. The molecule has 4 heteroatoms. The van der Waals surface area contributed by atoms with Crippen molar-refractivity contribution >= 4 is 12.3 Å². The van der Waals surface area contributed by atoms with Crippen molar-refractivity contribution in [3.8, 4) is 0 Å². The molecule has 0 spiro atoms. The van der Waals surface area contributed by atoms with Crippen molar-refractivity contribution in [2.24, 2.45) is 11.8 Å². The number of nitrogens with one attached hydrogen (secondary N) is 1. The third-order valence-corrected chi connectivity index (χ3v) is 2.83. The second-order valence-corrected chi connectivity index (χ2v) is 5.91. The Balaban J connectivity index is 2.83. The molecule has 0 unspecified atom stereocenters. The van der Waals surface area contributed by atoms with E-state index in [0.29, 0.717) is 6.54 Å². The molecule has 0 bridgehead atoms. The van der Waals surface area contributed by atoms with Gasteiger partial charge in [0.25, 0.3) is 0 Å². The van der Waals surface area contributed by atoms with Crippen LogP contribution in [0.2, 0.25) is 0 Å². The smallest absolute Gasteiger partial charge is 0.312 e. The molecule has 0 aromatic carbocycles. The van der Waals surface area contributed by atoms with Gasteiger partial charge in [-0.05, 0) is 34.6 Å². The molecule has 1 fully saturated rings. The zero-order valence-corrected chi connectivity index (χ0v) is 10.7. The Morgan fingerprint density at radius 3 is 2.44 bits per heavy atom. The Morgan fingerprint density at radius 1 is 1.44 bits per heavy atom. The lowest BCUT2D eigenvalue weighted by Crippen LogP contribution is -2.45. The molecular formula is C12H21NO3. The molecule has 1 N–H and O–H groups in total. The van der Waals surface area contributed by atoms with Crippen LogP contribution < -0.4 is 5.32 Å². The van der Waals surface area contributed by atoms with E-state index < -0.39 is 11.5 Å². The Kier molecular flexibility index (Phi) is 3.43. The minimum absolute atomic E-state index is 0.287. The summed E-state index contributed by atoms with van der Waals surface area (Å²) >= 11 is 0. The van der Waals surface area contributed by atoms with E-state index in [0.717, 1.165) is 6.29 Å². The van der Waals surface area contributed by atoms with E-state index in [2.05, 4.69) is 5.32 Å². The fourth-order valence-electron chi connectivity index (χ4n) is 2.11. The summed E-state index contributed by atoms with van der Waals surface area (Å²) in [7, 11) is 0. The van der Waals surface area contributed by atoms with Gasteiger partial charge in [-0.25, -0.2) is 0 Å². The lowest BCUT2D eigenvalue weighted by atomic mass is 9.83. The third-order valence-electron chi connectivity index (χ3n) is 2.83. The first-order valence-electron chi connectivity index (χ1n) is 5.60. The quantitative estimate of drug-likeness (QED) is 0.568. The molecule has 1 heterocycles. The van der Waals surface area contributed by atoms with Crippen LogP contribution in [0.25, 0.3) is 0 Å². The summed E-state index contributed by atoms with van der Waals surface area (Å²) in [4.78, 5) is 23.0. The van der Waals surface area contributed by atoms with Crippen LogP contribution in [0.5, 0.6) is 0 Å². The van der Waals surface area contributed by atoms with Crippen LogP contribution in [0.3, 0.4) is 0 Å². The van der Waals surface area contributed by atoms with E-state index in [1.54, 1.807) is 0 Å². The van der Waals surface area contributed by atoms with E-state index in [4.69, 9.17) is 4.74 Å². The van der Waals surface area contributed by atoms with Gasteiger partial charge in [0.05, 0.1) is 5.92 Å². The molecule has 4 nitrogen and oxygen atoms in total. The predicted molar refractivity (Wildman–Crippen MR) is 61.0 cm³/mol. The molecule has 0 aromatic rings. The van der Waals surface area contributed by atoms with Crippen molar-refractivity contribution in [2.75, 3.05) is 6.54 Å². The van der Waals surface area contributed by atoms with Crippen molar-refractivity contribution in [1.29, 1.82) is 0 Å². The van der Waals surface area contributed by atoms with Crippen LogP contribution in [-0.4, -0.2) is 29.9 Å². The average Bonchev–Trinajstić information content (AvgIpc) is 2.37. The van der Waals surface area contributed by atoms with Gasteiger partial charge in [0.1, 0.15) is 11.9 Å². The average molecular weight is 227 g/mol. The van der Waals surface area contributed by atoms with Crippen LogP contribution >= 0.6 is 0 Å². The van der Waals surface area contributed by atoms with Gasteiger partial charge >= 0.3 is 5.97 Å². The summed E-state index contributed by atoms with van der Waals surface area (Å²) in [5.74, 6) is -0.978. The third kappa shape index (κ3) is 2.82. The Morgan fingerprint density at radius 2 is 2.00 bits per heavy atom. The number of rotatable bonds is 2. The number of hydrogen-bond acceptors (Lipinski definition) is 4. The minimum Gasteiger partial charge on any atom is -0.460 e. The van der Waals surface area contributed by atoms with Gasteiger partial charge in [-0.1, -0.05) is 0 Å². The zero-order chi connectivity index (χ0) is 12.6. The maximum atomic E-state index is 12.0. The van der Waals surface area contributed by atoms with Gasteiger partial charge in [0.15, 0.2) is 0 Å². The topological polar surface area (TPSA) is 55.4 Å². The lowest BCUT2D eigenvalue weighted by molar-refractivity contribution is -0.163. The minimum atomic E-state index is -0.511. The summed E-state index contributed by atoms with van der Waals surface area (Å²) in [6, 6.07) is 0. The lowest BCUT2D eigenvalue weighted by Gasteiger charge is -2.30. The number of hydrogen-bond donors (Lipinski definition) is 1. The van der Waals surface area contributed by atoms with Gasteiger partial charge in [-0.3, -0.25) is 4.79 Å². The summed E-state index contributed by atoms with van der Waals surface area (Å²) < 4.78 is 5.35. The summed E-state index contributed by atoms with van der Waals surface area (Å²) in [5.41, 5.74) is -0.892. The van der Waals surface area contributed by atoms with Crippen molar-refractivity contribution in [2.45, 2.75) is 45.8 Å². The zero-order valence-electron chi connectivity index (χ0n) is 10.7. The molecule has 92 valence electrons. The predicted octanol–water partition coefficient (Wildman–Crippen LogP) is 1.14. The summed E-state index contributed by atoms with van der Waals surface area (Å²) in [6.07, 6.45) is 0.844. The van der Waals surface area contributed by atoms with Gasteiger partial charge < -0.3 is 14.8 Å². The second kappa shape index (κ2) is 4.17. The largest absolute Gasteiger partial charge is 0.460 e. The number of ether oxygens (including phenoxy) is 1. The second-order valence-electron chi connectivity index (χ2n) is 5.91. The van der Waals surface area contributed by atoms with E-state index in [1.165, 1.54) is 0 Å². The Hall–Kier alpha value is -0.900. The maximum Gasteiger partial charge on any atom is 0.312 e. The Bertz CT molecular complexity index is 291. The van der Waals surface area contributed by atoms with E-state index in [1.807, 2.05) is 34.6 Å². The molecule has 0 aromatic heterocycles. The van der Waals surface area contributed by atoms with Crippen molar-refractivity contribution in [3.05, 3.63) is 0 Å². The number of esters is 1. The molecule has 1 rings (SSSR count).